The monoisotopic (exact) mass is 368 g/mol. The van der Waals surface area contributed by atoms with Crippen molar-refractivity contribution in [1.82, 2.24) is 15.1 Å². The third kappa shape index (κ3) is 3.02. The number of aromatic nitrogens is 3. The Labute approximate surface area is 132 Å². The minimum absolute atomic E-state index is 0.338. The van der Waals surface area contributed by atoms with Gasteiger partial charge < -0.3 is 10.3 Å². The lowest BCUT2D eigenvalue weighted by Gasteiger charge is -1.96. The summed E-state index contributed by atoms with van der Waals surface area (Å²) in [6.45, 7) is 0.547. The van der Waals surface area contributed by atoms with E-state index in [0.717, 1.165) is 11.4 Å². The molecule has 108 valence electrons. The Morgan fingerprint density at radius 1 is 1.33 bits per heavy atom. The standard InChI is InChI=1S/C13H10BrFN4OS/c14-8-5-7(1-2-9(8)15)12-18-13(20-19-12)10-6-21-11(17-10)3-4-16/h1-2,5-6H,3-4,16H2. The molecule has 0 aliphatic rings. The van der Waals surface area contributed by atoms with Crippen molar-refractivity contribution < 1.29 is 8.91 Å². The van der Waals surface area contributed by atoms with Gasteiger partial charge in [-0.15, -0.1) is 11.3 Å². The summed E-state index contributed by atoms with van der Waals surface area (Å²) in [4.78, 5) is 8.67. The Kier molecular flexibility index (Phi) is 4.09. The third-order valence-electron chi connectivity index (χ3n) is 2.73. The molecule has 0 fully saturated rings. The maximum atomic E-state index is 13.2. The fourth-order valence-electron chi connectivity index (χ4n) is 1.73. The first-order valence-electron chi connectivity index (χ1n) is 6.11. The van der Waals surface area contributed by atoms with E-state index in [-0.39, 0.29) is 5.82 Å². The number of nitrogens with two attached hydrogens (primary N) is 1. The summed E-state index contributed by atoms with van der Waals surface area (Å²) in [7, 11) is 0. The van der Waals surface area contributed by atoms with Gasteiger partial charge in [-0.25, -0.2) is 9.37 Å². The van der Waals surface area contributed by atoms with Crippen LogP contribution in [0.3, 0.4) is 0 Å². The lowest BCUT2D eigenvalue weighted by Crippen LogP contribution is -2.01. The van der Waals surface area contributed by atoms with E-state index in [9.17, 15) is 4.39 Å². The highest BCUT2D eigenvalue weighted by molar-refractivity contribution is 9.10. The fraction of sp³-hybridized carbons (Fsp3) is 0.154. The van der Waals surface area contributed by atoms with E-state index in [4.69, 9.17) is 10.3 Å². The molecular weight excluding hydrogens is 359 g/mol. The van der Waals surface area contributed by atoms with Crippen LogP contribution in [0.2, 0.25) is 0 Å². The van der Waals surface area contributed by atoms with Gasteiger partial charge in [-0.2, -0.15) is 4.98 Å². The van der Waals surface area contributed by atoms with Crippen LogP contribution in [0, 0.1) is 5.82 Å². The van der Waals surface area contributed by atoms with Gasteiger partial charge in [0.1, 0.15) is 11.5 Å². The van der Waals surface area contributed by atoms with Crippen LogP contribution in [0.4, 0.5) is 4.39 Å². The molecule has 0 amide bonds. The molecule has 0 atom stereocenters. The van der Waals surface area contributed by atoms with Crippen molar-refractivity contribution in [2.24, 2.45) is 5.73 Å². The average molecular weight is 369 g/mol. The van der Waals surface area contributed by atoms with E-state index < -0.39 is 0 Å². The highest BCUT2D eigenvalue weighted by Gasteiger charge is 2.14. The Hall–Kier alpha value is -1.64. The van der Waals surface area contributed by atoms with Gasteiger partial charge >= 0.3 is 0 Å². The Bertz CT molecular complexity index is 773. The summed E-state index contributed by atoms with van der Waals surface area (Å²) in [6, 6.07) is 4.54. The number of hydrogen-bond acceptors (Lipinski definition) is 6. The quantitative estimate of drug-likeness (QED) is 0.764. The van der Waals surface area contributed by atoms with Crippen molar-refractivity contribution in [2.45, 2.75) is 6.42 Å². The normalized spacial score (nSPS) is 11.0. The van der Waals surface area contributed by atoms with Crippen LogP contribution in [-0.2, 0) is 6.42 Å². The second kappa shape index (κ2) is 6.00. The zero-order chi connectivity index (χ0) is 14.8. The molecule has 0 aliphatic carbocycles. The van der Waals surface area contributed by atoms with E-state index in [1.54, 1.807) is 12.1 Å². The lowest BCUT2D eigenvalue weighted by molar-refractivity contribution is 0.431. The van der Waals surface area contributed by atoms with Gasteiger partial charge in [-0.05, 0) is 40.7 Å². The van der Waals surface area contributed by atoms with Crippen LogP contribution < -0.4 is 5.73 Å². The molecule has 3 aromatic rings. The van der Waals surface area contributed by atoms with Gasteiger partial charge in [0.2, 0.25) is 5.82 Å². The van der Waals surface area contributed by atoms with Gasteiger partial charge in [0.05, 0.1) is 9.48 Å². The van der Waals surface area contributed by atoms with Crippen LogP contribution in [0.15, 0.2) is 32.6 Å². The molecule has 0 bridgehead atoms. The molecule has 21 heavy (non-hydrogen) atoms. The maximum absolute atomic E-state index is 13.2. The second-order valence-electron chi connectivity index (χ2n) is 4.22. The molecule has 5 nitrogen and oxygen atoms in total. The zero-order valence-corrected chi connectivity index (χ0v) is 13.1. The zero-order valence-electron chi connectivity index (χ0n) is 10.7. The van der Waals surface area contributed by atoms with Gasteiger partial charge in [0.15, 0.2) is 0 Å². The molecule has 1 aromatic carbocycles. The van der Waals surface area contributed by atoms with Crippen molar-refractivity contribution in [3.05, 3.63) is 38.9 Å². The smallest absolute Gasteiger partial charge is 0.277 e. The molecular formula is C13H10BrFN4OS. The van der Waals surface area contributed by atoms with E-state index in [1.807, 2.05) is 5.38 Å². The number of halogens is 2. The topological polar surface area (TPSA) is 77.8 Å². The van der Waals surface area contributed by atoms with Crippen molar-refractivity contribution in [3.8, 4) is 23.0 Å². The van der Waals surface area contributed by atoms with Crippen LogP contribution in [0.1, 0.15) is 5.01 Å². The number of nitrogens with zero attached hydrogens (tertiary/aromatic N) is 3. The minimum atomic E-state index is -0.339. The fourth-order valence-corrected chi connectivity index (χ4v) is 2.89. The van der Waals surface area contributed by atoms with E-state index in [2.05, 4.69) is 31.1 Å². The van der Waals surface area contributed by atoms with E-state index >= 15 is 0 Å². The first kappa shape index (κ1) is 14.3. The molecule has 2 aromatic heterocycles. The predicted molar refractivity (Wildman–Crippen MR) is 81.3 cm³/mol. The average Bonchev–Trinajstić information content (AvgIpc) is 3.11. The summed E-state index contributed by atoms with van der Waals surface area (Å²) >= 11 is 4.63. The van der Waals surface area contributed by atoms with Crippen LogP contribution in [0.25, 0.3) is 23.0 Å². The van der Waals surface area contributed by atoms with Gasteiger partial charge in [0, 0.05) is 17.4 Å². The van der Waals surface area contributed by atoms with E-state index in [1.165, 1.54) is 17.4 Å². The second-order valence-corrected chi connectivity index (χ2v) is 6.01. The number of rotatable bonds is 4. The lowest BCUT2D eigenvalue weighted by atomic mass is 10.2. The molecule has 0 saturated carbocycles. The first-order chi connectivity index (χ1) is 10.2. The highest BCUT2D eigenvalue weighted by Crippen LogP contribution is 2.26. The van der Waals surface area contributed by atoms with Gasteiger partial charge in [-0.3, -0.25) is 0 Å². The SMILES string of the molecule is NCCc1nc(-c2nc(-c3ccc(F)c(Br)c3)no2)cs1. The molecule has 2 heterocycles. The molecule has 0 radical (unpaired) electrons. The summed E-state index contributed by atoms with van der Waals surface area (Å²) in [5, 5.41) is 6.68. The molecule has 0 aliphatic heterocycles. The van der Waals surface area contributed by atoms with Crippen LogP contribution >= 0.6 is 27.3 Å². The molecule has 0 spiro atoms. The number of thiazole rings is 1. The molecule has 0 unspecified atom stereocenters. The molecule has 8 heteroatoms. The van der Waals surface area contributed by atoms with Crippen molar-refractivity contribution in [2.75, 3.05) is 6.54 Å². The summed E-state index contributed by atoms with van der Waals surface area (Å²) in [6.07, 6.45) is 0.719. The largest absolute Gasteiger partial charge is 0.332 e. The summed E-state index contributed by atoms with van der Waals surface area (Å²) < 4.78 is 18.8. The predicted octanol–water partition coefficient (Wildman–Crippen LogP) is 3.26. The molecule has 2 N–H and O–H groups in total. The third-order valence-corrected chi connectivity index (χ3v) is 4.25. The Morgan fingerprint density at radius 3 is 2.95 bits per heavy atom. The first-order valence-corrected chi connectivity index (χ1v) is 7.78. The van der Waals surface area contributed by atoms with Crippen molar-refractivity contribution in [3.63, 3.8) is 0 Å². The van der Waals surface area contributed by atoms with Crippen molar-refractivity contribution in [1.29, 1.82) is 0 Å². The van der Waals surface area contributed by atoms with Gasteiger partial charge in [-0.1, -0.05) is 5.16 Å². The molecule has 3 rings (SSSR count). The highest BCUT2D eigenvalue weighted by atomic mass is 79.9. The molecule has 0 saturated heterocycles. The summed E-state index contributed by atoms with van der Waals surface area (Å²) in [5.74, 6) is 0.387. The summed E-state index contributed by atoms with van der Waals surface area (Å²) in [5.41, 5.74) is 6.79. The number of benzene rings is 1. The van der Waals surface area contributed by atoms with Crippen LogP contribution in [0.5, 0.6) is 0 Å². The minimum Gasteiger partial charge on any atom is -0.332 e. The maximum Gasteiger partial charge on any atom is 0.277 e. The number of hydrogen-bond donors (Lipinski definition) is 1. The van der Waals surface area contributed by atoms with Crippen molar-refractivity contribution >= 4 is 27.3 Å². The Morgan fingerprint density at radius 2 is 2.19 bits per heavy atom. The van der Waals surface area contributed by atoms with Crippen LogP contribution in [-0.4, -0.2) is 21.7 Å². The van der Waals surface area contributed by atoms with Gasteiger partial charge in [0.25, 0.3) is 5.89 Å². The van der Waals surface area contributed by atoms with E-state index in [0.29, 0.717) is 34.0 Å². The Balaban J connectivity index is 1.89.